The number of fused-ring (bicyclic) bond motifs is 3. The molecule has 6 N–H and O–H groups in total. The number of carbonyl (C=O) groups excluding carboxylic acids is 4. The first-order chi connectivity index (χ1) is 20.4. The first-order valence-corrected chi connectivity index (χ1v) is 15.0. The van der Waals surface area contributed by atoms with Crippen molar-refractivity contribution in [2.75, 3.05) is 0 Å². The SMILES string of the molecule is CC(C)OC(=O)c1cccc(-c2ccc(O)c3c2C[C@]2(C)C[C@]4(C)[C@@H](C(C)C)C(O)[C@@H](C(N)=O)C(=O)[C@]4(O)C(O)[C@H]2C3=O)c1. The fourth-order valence-corrected chi connectivity index (χ4v) is 8.90. The minimum Gasteiger partial charge on any atom is -0.507 e. The molecule has 0 heterocycles. The molecule has 1 amide bonds. The van der Waals surface area contributed by atoms with E-state index in [0.29, 0.717) is 22.3 Å². The van der Waals surface area contributed by atoms with E-state index in [1.807, 2.05) is 0 Å². The molecule has 236 valence electrons. The maximum atomic E-state index is 14.3. The molecular formula is C34H41NO9. The summed E-state index contributed by atoms with van der Waals surface area (Å²) in [4.78, 5) is 53.2. The van der Waals surface area contributed by atoms with Gasteiger partial charge in [0, 0.05) is 5.41 Å². The van der Waals surface area contributed by atoms with E-state index < -0.39 is 69.8 Å². The second-order valence-electron chi connectivity index (χ2n) is 14.0. The second kappa shape index (κ2) is 10.5. The summed E-state index contributed by atoms with van der Waals surface area (Å²) in [5, 5.41) is 46.5. The molecular weight excluding hydrogens is 566 g/mol. The van der Waals surface area contributed by atoms with Gasteiger partial charge in [-0.25, -0.2) is 4.79 Å². The van der Waals surface area contributed by atoms with E-state index in [4.69, 9.17) is 10.5 Å². The van der Waals surface area contributed by atoms with Crippen LogP contribution in [0.4, 0.5) is 0 Å². The van der Waals surface area contributed by atoms with Crippen molar-refractivity contribution in [1.82, 2.24) is 0 Å². The predicted molar refractivity (Wildman–Crippen MR) is 159 cm³/mol. The number of Topliss-reactive ketones (excluding diaryl/α,β-unsaturated/α-hetero) is 2. The number of aromatic hydroxyl groups is 1. The van der Waals surface area contributed by atoms with Crippen molar-refractivity contribution in [3.63, 3.8) is 0 Å². The lowest BCUT2D eigenvalue weighted by atomic mass is 9.39. The molecule has 2 unspecified atom stereocenters. The summed E-state index contributed by atoms with van der Waals surface area (Å²) in [6.45, 7) is 10.5. The zero-order chi connectivity index (χ0) is 32.7. The van der Waals surface area contributed by atoms with E-state index >= 15 is 0 Å². The number of primary amides is 1. The highest BCUT2D eigenvalue weighted by Crippen LogP contribution is 2.66. The molecule has 0 aromatic heterocycles. The van der Waals surface area contributed by atoms with Crippen LogP contribution in [0.5, 0.6) is 5.75 Å². The third-order valence-electron chi connectivity index (χ3n) is 10.4. The van der Waals surface area contributed by atoms with Crippen LogP contribution in [0, 0.1) is 34.5 Å². The van der Waals surface area contributed by atoms with Gasteiger partial charge in [0.05, 0.1) is 29.3 Å². The summed E-state index contributed by atoms with van der Waals surface area (Å²) in [6, 6.07) is 9.78. The molecule has 3 aliphatic carbocycles. The highest BCUT2D eigenvalue weighted by molar-refractivity contribution is 6.09. The molecule has 0 radical (unpaired) electrons. The Bertz CT molecular complexity index is 1570. The average Bonchev–Trinajstić information content (AvgIpc) is 2.90. The molecule has 10 heteroatoms. The Hall–Kier alpha value is -3.60. The zero-order valence-corrected chi connectivity index (χ0v) is 25.8. The molecule has 0 bridgehead atoms. The van der Waals surface area contributed by atoms with Gasteiger partial charge in [0.1, 0.15) is 17.8 Å². The number of hydrogen-bond donors (Lipinski definition) is 5. The first-order valence-electron chi connectivity index (χ1n) is 15.0. The summed E-state index contributed by atoms with van der Waals surface area (Å²) in [5.74, 6) is -7.96. The number of nitrogens with two attached hydrogens (primary N) is 1. The van der Waals surface area contributed by atoms with Gasteiger partial charge >= 0.3 is 5.97 Å². The molecule has 2 fully saturated rings. The number of aliphatic hydroxyl groups excluding tert-OH is 2. The van der Waals surface area contributed by atoms with Gasteiger partial charge in [-0.3, -0.25) is 14.4 Å². The molecule has 8 atom stereocenters. The van der Waals surface area contributed by atoms with Gasteiger partial charge in [0.25, 0.3) is 0 Å². The molecule has 2 aromatic rings. The summed E-state index contributed by atoms with van der Waals surface area (Å²) in [7, 11) is 0. The molecule has 0 saturated heterocycles. The molecule has 10 nitrogen and oxygen atoms in total. The number of ether oxygens (including phenoxy) is 1. The molecule has 0 aliphatic heterocycles. The summed E-state index contributed by atoms with van der Waals surface area (Å²) >= 11 is 0. The first kappa shape index (κ1) is 31.8. The Labute approximate surface area is 256 Å². The monoisotopic (exact) mass is 607 g/mol. The van der Waals surface area contributed by atoms with Gasteiger partial charge in [-0.05, 0) is 78.8 Å². The van der Waals surface area contributed by atoms with Gasteiger partial charge < -0.3 is 30.9 Å². The normalized spacial score (nSPS) is 34.8. The Kier molecular flexibility index (Phi) is 7.59. The average molecular weight is 608 g/mol. The molecule has 3 aliphatic rings. The second-order valence-corrected chi connectivity index (χ2v) is 14.0. The Morgan fingerprint density at radius 2 is 1.70 bits per heavy atom. The van der Waals surface area contributed by atoms with Crippen LogP contribution < -0.4 is 5.73 Å². The fraction of sp³-hybridized carbons (Fsp3) is 0.529. The van der Waals surface area contributed by atoms with Crippen LogP contribution in [-0.4, -0.2) is 67.8 Å². The van der Waals surface area contributed by atoms with Crippen molar-refractivity contribution in [1.29, 1.82) is 0 Å². The van der Waals surface area contributed by atoms with E-state index in [1.165, 1.54) is 6.07 Å². The van der Waals surface area contributed by atoms with Gasteiger partial charge in [0.2, 0.25) is 5.91 Å². The van der Waals surface area contributed by atoms with E-state index in [-0.39, 0.29) is 36.2 Å². The number of hydrogen-bond acceptors (Lipinski definition) is 9. The number of phenolic OH excluding ortho intramolecular Hbond substituents is 1. The fourth-order valence-electron chi connectivity index (χ4n) is 8.90. The smallest absolute Gasteiger partial charge is 0.338 e. The Morgan fingerprint density at radius 1 is 1.05 bits per heavy atom. The van der Waals surface area contributed by atoms with E-state index in [0.717, 1.165) is 0 Å². The van der Waals surface area contributed by atoms with Crippen molar-refractivity contribution in [3.05, 3.63) is 53.1 Å². The van der Waals surface area contributed by atoms with Crippen LogP contribution in [0.3, 0.4) is 0 Å². The number of ketones is 2. The largest absolute Gasteiger partial charge is 0.507 e. The van der Waals surface area contributed by atoms with Crippen LogP contribution in [0.1, 0.15) is 74.2 Å². The molecule has 5 rings (SSSR count). The van der Waals surface area contributed by atoms with Gasteiger partial charge in [-0.15, -0.1) is 0 Å². The maximum absolute atomic E-state index is 14.3. The zero-order valence-electron chi connectivity index (χ0n) is 25.8. The summed E-state index contributed by atoms with van der Waals surface area (Å²) in [6.07, 6.45) is -3.57. The predicted octanol–water partition coefficient (Wildman–Crippen LogP) is 2.81. The standard InChI is InChI=1S/C34H41NO9/c1-15(2)24-27(38)23(30(35)41)28(39)34(43)29(40)25-26(37)22-20(13-32(25,5)14-33(24,34)6)19(10-11-21(22)36)17-8-7-9-18(12-17)31(42)44-16(3)4/h7-12,15-16,23-25,27,29,36,38,40,43H,13-14H2,1-6H3,(H2,35,41)/t23-,24+,25-,27?,29?,32-,33-,34+/m1/s1. The third-order valence-corrected chi connectivity index (χ3v) is 10.4. The number of rotatable bonds is 5. The molecule has 44 heavy (non-hydrogen) atoms. The lowest BCUT2D eigenvalue weighted by molar-refractivity contribution is -0.265. The Morgan fingerprint density at radius 3 is 2.30 bits per heavy atom. The topological polar surface area (TPSA) is 184 Å². The van der Waals surface area contributed by atoms with Crippen LogP contribution in [-0.2, 0) is 20.7 Å². The van der Waals surface area contributed by atoms with Crippen molar-refractivity contribution >= 4 is 23.4 Å². The van der Waals surface area contributed by atoms with Crippen molar-refractivity contribution < 1.29 is 44.3 Å². The highest BCUT2D eigenvalue weighted by Gasteiger charge is 2.75. The Balaban J connectivity index is 1.68. The van der Waals surface area contributed by atoms with Crippen LogP contribution in [0.2, 0.25) is 0 Å². The van der Waals surface area contributed by atoms with Gasteiger partial charge in [0.15, 0.2) is 17.2 Å². The third kappa shape index (κ3) is 4.33. The van der Waals surface area contributed by atoms with E-state index in [1.54, 1.807) is 71.9 Å². The van der Waals surface area contributed by atoms with Crippen LogP contribution >= 0.6 is 0 Å². The highest BCUT2D eigenvalue weighted by atomic mass is 16.5. The minimum atomic E-state index is -2.57. The summed E-state index contributed by atoms with van der Waals surface area (Å²) < 4.78 is 5.35. The lowest BCUT2D eigenvalue weighted by Gasteiger charge is -2.66. The minimum absolute atomic E-state index is 0.0381. The number of carbonyl (C=O) groups is 4. The lowest BCUT2D eigenvalue weighted by Crippen LogP contribution is -2.79. The van der Waals surface area contributed by atoms with Crippen molar-refractivity contribution in [2.24, 2.45) is 40.2 Å². The number of phenols is 1. The molecule has 0 spiro atoms. The summed E-state index contributed by atoms with van der Waals surface area (Å²) in [5.41, 5.74) is 2.44. The van der Waals surface area contributed by atoms with Crippen LogP contribution in [0.15, 0.2) is 36.4 Å². The van der Waals surface area contributed by atoms with E-state index in [2.05, 4.69) is 0 Å². The molecule has 2 aromatic carbocycles. The number of esters is 1. The van der Waals surface area contributed by atoms with Crippen molar-refractivity contribution in [2.45, 2.75) is 78.3 Å². The maximum Gasteiger partial charge on any atom is 0.338 e. The van der Waals surface area contributed by atoms with E-state index in [9.17, 15) is 39.6 Å². The number of benzene rings is 2. The van der Waals surface area contributed by atoms with Crippen LogP contribution in [0.25, 0.3) is 11.1 Å². The molecule has 2 saturated carbocycles. The quantitative estimate of drug-likeness (QED) is 0.252. The van der Waals surface area contributed by atoms with Gasteiger partial charge in [-0.1, -0.05) is 45.9 Å². The van der Waals surface area contributed by atoms with Gasteiger partial charge in [-0.2, -0.15) is 0 Å². The number of amides is 1. The number of aliphatic hydroxyl groups is 3. The van der Waals surface area contributed by atoms with Crippen molar-refractivity contribution in [3.8, 4) is 16.9 Å².